The van der Waals surface area contributed by atoms with Gasteiger partial charge in [-0.25, -0.2) is 4.39 Å². The fraction of sp³-hybridized carbons (Fsp3) is 0.524. The van der Waals surface area contributed by atoms with Gasteiger partial charge in [0.05, 0.1) is 5.92 Å². The van der Waals surface area contributed by atoms with Crippen molar-refractivity contribution in [1.29, 1.82) is 0 Å². The van der Waals surface area contributed by atoms with Crippen molar-refractivity contribution < 1.29 is 23.2 Å². The SMILES string of the molecule is COCc1noc(C2CCCCN2C(=O)C2CC(=O)N(c3ccc(F)cc3C)C2)n1. The summed E-state index contributed by atoms with van der Waals surface area (Å²) in [6.07, 6.45) is 2.73. The number of aromatic nitrogens is 2. The number of amides is 2. The number of aryl methyl sites for hydroxylation is 1. The maximum atomic E-state index is 13.4. The molecule has 0 spiro atoms. The highest BCUT2D eigenvalue weighted by Gasteiger charge is 2.41. The van der Waals surface area contributed by atoms with Gasteiger partial charge in [-0.15, -0.1) is 0 Å². The molecule has 0 N–H and O–H groups in total. The molecule has 0 aliphatic carbocycles. The first-order valence-corrected chi connectivity index (χ1v) is 10.2. The molecular formula is C21H25FN4O4. The number of piperidine rings is 1. The number of carbonyl (C=O) groups is 2. The van der Waals surface area contributed by atoms with E-state index in [1.165, 1.54) is 12.1 Å². The second-order valence-electron chi connectivity index (χ2n) is 7.86. The number of nitrogens with zero attached hydrogens (tertiary/aromatic N) is 4. The zero-order chi connectivity index (χ0) is 21.3. The Morgan fingerprint density at radius 2 is 2.20 bits per heavy atom. The lowest BCUT2D eigenvalue weighted by Crippen LogP contribution is -2.42. The van der Waals surface area contributed by atoms with E-state index in [1.54, 1.807) is 29.9 Å². The Morgan fingerprint density at radius 3 is 2.97 bits per heavy atom. The van der Waals surface area contributed by atoms with E-state index in [-0.39, 0.29) is 43.2 Å². The molecule has 160 valence electrons. The minimum absolute atomic E-state index is 0.0817. The molecule has 3 heterocycles. The summed E-state index contributed by atoms with van der Waals surface area (Å²) in [6, 6.07) is 4.03. The van der Waals surface area contributed by atoms with E-state index in [2.05, 4.69) is 10.1 Å². The molecule has 0 saturated carbocycles. The molecule has 9 heteroatoms. The van der Waals surface area contributed by atoms with E-state index in [0.717, 1.165) is 19.3 Å². The summed E-state index contributed by atoms with van der Waals surface area (Å²) >= 11 is 0. The van der Waals surface area contributed by atoms with Gasteiger partial charge in [-0.3, -0.25) is 9.59 Å². The van der Waals surface area contributed by atoms with Gasteiger partial charge < -0.3 is 19.1 Å². The number of halogens is 1. The smallest absolute Gasteiger partial charge is 0.249 e. The molecule has 2 unspecified atom stereocenters. The van der Waals surface area contributed by atoms with Crippen molar-refractivity contribution in [2.45, 2.75) is 45.3 Å². The number of likely N-dealkylation sites (tertiary alicyclic amines) is 1. The minimum atomic E-state index is -0.455. The molecule has 2 aromatic rings. The first-order valence-electron chi connectivity index (χ1n) is 10.2. The lowest BCUT2D eigenvalue weighted by atomic mass is 9.98. The minimum Gasteiger partial charge on any atom is -0.377 e. The zero-order valence-electron chi connectivity index (χ0n) is 17.1. The highest BCUT2D eigenvalue weighted by molar-refractivity contribution is 6.00. The van der Waals surface area contributed by atoms with Crippen molar-refractivity contribution in [2.24, 2.45) is 5.92 Å². The van der Waals surface area contributed by atoms with Crippen LogP contribution in [0, 0.1) is 18.7 Å². The number of methoxy groups -OCH3 is 1. The van der Waals surface area contributed by atoms with Gasteiger partial charge in [0, 0.05) is 32.3 Å². The zero-order valence-corrected chi connectivity index (χ0v) is 17.1. The number of rotatable bonds is 5. The maximum Gasteiger partial charge on any atom is 0.249 e. The summed E-state index contributed by atoms with van der Waals surface area (Å²) in [5.41, 5.74) is 1.32. The average molecular weight is 416 g/mol. The Kier molecular flexibility index (Phi) is 5.80. The summed E-state index contributed by atoms with van der Waals surface area (Å²) in [5, 5.41) is 3.91. The van der Waals surface area contributed by atoms with Crippen molar-refractivity contribution in [2.75, 3.05) is 25.1 Å². The topological polar surface area (TPSA) is 88.8 Å². The lowest BCUT2D eigenvalue weighted by molar-refractivity contribution is -0.140. The van der Waals surface area contributed by atoms with Crippen LogP contribution in [-0.2, 0) is 20.9 Å². The van der Waals surface area contributed by atoms with Crippen LogP contribution < -0.4 is 4.90 Å². The summed E-state index contributed by atoms with van der Waals surface area (Å²) in [4.78, 5) is 33.7. The Hall–Kier alpha value is -2.81. The van der Waals surface area contributed by atoms with Crippen molar-refractivity contribution in [3.8, 4) is 0 Å². The quantitative estimate of drug-likeness (QED) is 0.745. The van der Waals surface area contributed by atoms with Gasteiger partial charge in [0.25, 0.3) is 0 Å². The third-order valence-electron chi connectivity index (χ3n) is 5.75. The van der Waals surface area contributed by atoms with Crippen LogP contribution in [-0.4, -0.2) is 47.1 Å². The molecular weight excluding hydrogens is 391 g/mol. The first kappa shape index (κ1) is 20.5. The second-order valence-corrected chi connectivity index (χ2v) is 7.86. The number of hydrogen-bond donors (Lipinski definition) is 0. The van der Waals surface area contributed by atoms with E-state index in [9.17, 15) is 14.0 Å². The van der Waals surface area contributed by atoms with Crippen LogP contribution in [0.1, 0.15) is 49.0 Å². The molecule has 2 amide bonds. The van der Waals surface area contributed by atoms with E-state index < -0.39 is 5.92 Å². The van der Waals surface area contributed by atoms with Gasteiger partial charge in [0.1, 0.15) is 18.5 Å². The normalized spacial score (nSPS) is 22.0. The number of carbonyl (C=O) groups excluding carboxylic acids is 2. The standard InChI is InChI=1S/C21H25FN4O4/c1-13-9-15(22)6-7-16(13)26-11-14(10-19(26)27)21(28)25-8-4-3-5-17(25)20-23-18(12-29-2)24-30-20/h6-7,9,14,17H,3-5,8,10-12H2,1-2H3. The first-order chi connectivity index (χ1) is 14.5. The molecule has 2 aliphatic rings. The predicted molar refractivity (Wildman–Crippen MR) is 105 cm³/mol. The monoisotopic (exact) mass is 416 g/mol. The van der Waals surface area contributed by atoms with E-state index >= 15 is 0 Å². The van der Waals surface area contributed by atoms with Crippen LogP contribution in [0.15, 0.2) is 22.7 Å². The third kappa shape index (κ3) is 3.94. The molecule has 4 rings (SSSR count). The molecule has 1 aromatic carbocycles. The number of benzene rings is 1. The van der Waals surface area contributed by atoms with Crippen LogP contribution in [0.3, 0.4) is 0 Å². The van der Waals surface area contributed by atoms with Gasteiger partial charge in [-0.2, -0.15) is 4.98 Å². The molecule has 8 nitrogen and oxygen atoms in total. The molecule has 0 radical (unpaired) electrons. The third-order valence-corrected chi connectivity index (χ3v) is 5.75. The fourth-order valence-electron chi connectivity index (χ4n) is 4.30. The molecule has 2 saturated heterocycles. The number of ether oxygens (including phenoxy) is 1. The maximum absolute atomic E-state index is 13.4. The van der Waals surface area contributed by atoms with Gasteiger partial charge >= 0.3 is 0 Å². The summed E-state index contributed by atoms with van der Waals surface area (Å²) in [5.74, 6) is -0.160. The lowest BCUT2D eigenvalue weighted by Gasteiger charge is -2.35. The predicted octanol–water partition coefficient (Wildman–Crippen LogP) is 2.77. The Labute approximate surface area is 174 Å². The van der Waals surface area contributed by atoms with Crippen molar-refractivity contribution in [1.82, 2.24) is 15.0 Å². The van der Waals surface area contributed by atoms with Gasteiger partial charge in [-0.1, -0.05) is 5.16 Å². The second kappa shape index (κ2) is 8.51. The van der Waals surface area contributed by atoms with Crippen LogP contribution in [0.25, 0.3) is 0 Å². The molecule has 0 bridgehead atoms. The highest BCUT2D eigenvalue weighted by Crippen LogP contribution is 2.34. The Bertz CT molecular complexity index is 947. The summed E-state index contributed by atoms with van der Waals surface area (Å²) in [6.45, 7) is 2.87. The number of hydrogen-bond acceptors (Lipinski definition) is 6. The molecule has 2 fully saturated rings. The van der Waals surface area contributed by atoms with Gasteiger partial charge in [0.15, 0.2) is 5.82 Å². The van der Waals surface area contributed by atoms with Crippen LogP contribution in [0.2, 0.25) is 0 Å². The van der Waals surface area contributed by atoms with Gasteiger partial charge in [-0.05, 0) is 49.9 Å². The molecule has 2 aliphatic heterocycles. The largest absolute Gasteiger partial charge is 0.377 e. The van der Waals surface area contributed by atoms with E-state index in [4.69, 9.17) is 9.26 Å². The van der Waals surface area contributed by atoms with E-state index in [0.29, 0.717) is 29.5 Å². The fourth-order valence-corrected chi connectivity index (χ4v) is 4.30. The van der Waals surface area contributed by atoms with E-state index in [1.807, 2.05) is 0 Å². The average Bonchev–Trinajstić information content (AvgIpc) is 3.35. The van der Waals surface area contributed by atoms with Crippen molar-refractivity contribution >= 4 is 17.5 Å². The summed E-state index contributed by atoms with van der Waals surface area (Å²) in [7, 11) is 1.55. The summed E-state index contributed by atoms with van der Waals surface area (Å²) < 4.78 is 23.9. The van der Waals surface area contributed by atoms with Crippen molar-refractivity contribution in [3.63, 3.8) is 0 Å². The molecule has 30 heavy (non-hydrogen) atoms. The van der Waals surface area contributed by atoms with Crippen LogP contribution >= 0.6 is 0 Å². The highest BCUT2D eigenvalue weighted by atomic mass is 19.1. The number of anilines is 1. The van der Waals surface area contributed by atoms with Crippen molar-refractivity contribution in [3.05, 3.63) is 41.3 Å². The molecule has 1 aromatic heterocycles. The molecule has 2 atom stereocenters. The van der Waals surface area contributed by atoms with Crippen LogP contribution in [0.5, 0.6) is 0 Å². The Balaban J connectivity index is 1.51. The Morgan fingerprint density at radius 1 is 1.37 bits per heavy atom. The van der Waals surface area contributed by atoms with Crippen LogP contribution in [0.4, 0.5) is 10.1 Å². The van der Waals surface area contributed by atoms with Gasteiger partial charge in [0.2, 0.25) is 17.7 Å².